The van der Waals surface area contributed by atoms with Gasteiger partial charge in [-0.25, -0.2) is 4.79 Å². The van der Waals surface area contributed by atoms with Crippen LogP contribution in [0.1, 0.15) is 17.5 Å². The molecular formula is C18H21ClN2O2. The SMILES string of the molecule is Cc1ccccc1CNC(=O)NCCCOc1ccccc1Cl. The lowest BCUT2D eigenvalue weighted by atomic mass is 10.1. The van der Waals surface area contributed by atoms with Gasteiger partial charge in [0.15, 0.2) is 0 Å². The number of carbonyl (C=O) groups is 1. The Morgan fingerprint density at radius 3 is 2.61 bits per heavy atom. The van der Waals surface area contributed by atoms with Gasteiger partial charge in [-0.2, -0.15) is 0 Å². The van der Waals surface area contributed by atoms with Crippen LogP contribution in [-0.4, -0.2) is 19.2 Å². The fourth-order valence-corrected chi connectivity index (χ4v) is 2.25. The van der Waals surface area contributed by atoms with E-state index in [1.807, 2.05) is 49.4 Å². The van der Waals surface area contributed by atoms with Crippen LogP contribution in [0.3, 0.4) is 0 Å². The largest absolute Gasteiger partial charge is 0.492 e. The molecular weight excluding hydrogens is 312 g/mol. The molecule has 0 heterocycles. The molecule has 0 spiro atoms. The summed E-state index contributed by atoms with van der Waals surface area (Å²) in [5, 5.41) is 6.25. The molecule has 2 N–H and O–H groups in total. The third-order valence-corrected chi connectivity index (χ3v) is 3.71. The predicted molar refractivity (Wildman–Crippen MR) is 93.0 cm³/mol. The fourth-order valence-electron chi connectivity index (χ4n) is 2.06. The van der Waals surface area contributed by atoms with Gasteiger partial charge in [-0.3, -0.25) is 0 Å². The molecule has 2 aromatic rings. The fraction of sp³-hybridized carbons (Fsp3) is 0.278. The maximum atomic E-state index is 11.7. The van der Waals surface area contributed by atoms with E-state index in [4.69, 9.17) is 16.3 Å². The molecule has 0 fully saturated rings. The monoisotopic (exact) mass is 332 g/mol. The molecule has 4 nitrogen and oxygen atoms in total. The van der Waals surface area contributed by atoms with Crippen molar-refractivity contribution in [2.24, 2.45) is 0 Å². The first kappa shape index (κ1) is 17.2. The maximum absolute atomic E-state index is 11.7. The summed E-state index contributed by atoms with van der Waals surface area (Å²) in [6.07, 6.45) is 0.711. The van der Waals surface area contributed by atoms with Crippen molar-refractivity contribution in [3.63, 3.8) is 0 Å². The van der Waals surface area contributed by atoms with Gasteiger partial charge in [0.2, 0.25) is 0 Å². The zero-order valence-corrected chi connectivity index (χ0v) is 13.9. The van der Waals surface area contributed by atoms with Gasteiger partial charge in [-0.1, -0.05) is 48.0 Å². The number of ether oxygens (including phenoxy) is 1. The van der Waals surface area contributed by atoms with E-state index >= 15 is 0 Å². The van der Waals surface area contributed by atoms with Crippen molar-refractivity contribution in [1.82, 2.24) is 10.6 Å². The lowest BCUT2D eigenvalue weighted by Crippen LogP contribution is -2.36. The number of amides is 2. The average molecular weight is 333 g/mol. The molecule has 0 saturated heterocycles. The van der Waals surface area contributed by atoms with Crippen molar-refractivity contribution in [2.75, 3.05) is 13.2 Å². The summed E-state index contributed by atoms with van der Waals surface area (Å²) < 4.78 is 5.56. The Kier molecular flexibility index (Phi) is 6.76. The zero-order valence-electron chi connectivity index (χ0n) is 13.1. The minimum Gasteiger partial charge on any atom is -0.492 e. The van der Waals surface area contributed by atoms with Crippen molar-refractivity contribution in [3.8, 4) is 5.75 Å². The molecule has 0 unspecified atom stereocenters. The molecule has 23 heavy (non-hydrogen) atoms. The highest BCUT2D eigenvalue weighted by Gasteiger charge is 2.02. The number of halogens is 1. The Labute approximate surface area is 141 Å². The minimum absolute atomic E-state index is 0.175. The Balaban J connectivity index is 1.60. The van der Waals surface area contributed by atoms with Crippen molar-refractivity contribution in [2.45, 2.75) is 19.9 Å². The standard InChI is InChI=1S/C18H21ClN2O2/c1-14-7-2-3-8-15(14)13-21-18(22)20-11-6-12-23-17-10-5-4-9-16(17)19/h2-5,7-10H,6,11-13H2,1H3,(H2,20,21,22). The quantitative estimate of drug-likeness (QED) is 0.755. The minimum atomic E-state index is -0.175. The van der Waals surface area contributed by atoms with Gasteiger partial charge in [0.1, 0.15) is 5.75 Å². The predicted octanol–water partition coefficient (Wildman–Crippen LogP) is 3.92. The maximum Gasteiger partial charge on any atom is 0.315 e. The first-order valence-electron chi connectivity index (χ1n) is 7.60. The first-order chi connectivity index (χ1) is 11.2. The second-order valence-electron chi connectivity index (χ2n) is 5.17. The second-order valence-corrected chi connectivity index (χ2v) is 5.58. The van der Waals surface area contributed by atoms with Crippen LogP contribution in [0.4, 0.5) is 4.79 Å². The Hall–Kier alpha value is -2.20. The molecule has 0 aliphatic carbocycles. The topological polar surface area (TPSA) is 50.4 Å². The number of para-hydroxylation sites is 1. The Morgan fingerprint density at radius 2 is 1.83 bits per heavy atom. The van der Waals surface area contributed by atoms with E-state index in [1.54, 1.807) is 6.07 Å². The van der Waals surface area contributed by atoms with Crippen molar-refractivity contribution < 1.29 is 9.53 Å². The normalized spacial score (nSPS) is 10.2. The molecule has 0 saturated carbocycles. The third-order valence-electron chi connectivity index (χ3n) is 3.40. The van der Waals surface area contributed by atoms with E-state index in [9.17, 15) is 4.79 Å². The third kappa shape index (κ3) is 5.83. The molecule has 5 heteroatoms. The van der Waals surface area contributed by atoms with E-state index in [-0.39, 0.29) is 6.03 Å². The highest BCUT2D eigenvalue weighted by atomic mass is 35.5. The summed E-state index contributed by atoms with van der Waals surface area (Å²) in [6, 6.07) is 15.2. The number of hydrogen-bond donors (Lipinski definition) is 2. The van der Waals surface area contributed by atoms with Crippen LogP contribution in [0.2, 0.25) is 5.02 Å². The van der Waals surface area contributed by atoms with Gasteiger partial charge < -0.3 is 15.4 Å². The number of benzene rings is 2. The summed E-state index contributed by atoms with van der Waals surface area (Å²) in [4.78, 5) is 11.7. The van der Waals surface area contributed by atoms with Gasteiger partial charge in [0.05, 0.1) is 11.6 Å². The van der Waals surface area contributed by atoms with Crippen LogP contribution in [0.5, 0.6) is 5.75 Å². The van der Waals surface area contributed by atoms with Crippen LogP contribution in [0, 0.1) is 6.92 Å². The molecule has 0 atom stereocenters. The molecule has 2 aromatic carbocycles. The number of urea groups is 1. The van der Waals surface area contributed by atoms with Crippen LogP contribution < -0.4 is 15.4 Å². The van der Waals surface area contributed by atoms with Crippen molar-refractivity contribution >= 4 is 17.6 Å². The lowest BCUT2D eigenvalue weighted by molar-refractivity contribution is 0.238. The molecule has 122 valence electrons. The van der Waals surface area contributed by atoms with Gasteiger partial charge in [0, 0.05) is 13.1 Å². The Morgan fingerprint density at radius 1 is 1.09 bits per heavy atom. The molecule has 2 amide bonds. The summed E-state index contributed by atoms with van der Waals surface area (Å²) in [6.45, 7) is 3.60. The number of nitrogens with one attached hydrogen (secondary N) is 2. The van der Waals surface area contributed by atoms with E-state index in [0.717, 1.165) is 5.56 Å². The first-order valence-corrected chi connectivity index (χ1v) is 7.98. The molecule has 0 bridgehead atoms. The van der Waals surface area contributed by atoms with Gasteiger partial charge in [-0.15, -0.1) is 0 Å². The number of hydrogen-bond acceptors (Lipinski definition) is 2. The summed E-state index contributed by atoms with van der Waals surface area (Å²) in [5.74, 6) is 0.665. The van der Waals surface area contributed by atoms with Crippen LogP contribution in [0.25, 0.3) is 0 Å². The van der Waals surface area contributed by atoms with E-state index in [1.165, 1.54) is 5.56 Å². The van der Waals surface area contributed by atoms with Gasteiger partial charge in [-0.05, 0) is 36.6 Å². The van der Waals surface area contributed by atoms with Crippen LogP contribution in [0.15, 0.2) is 48.5 Å². The summed E-state index contributed by atoms with van der Waals surface area (Å²) in [5.41, 5.74) is 2.28. The molecule has 0 aliphatic rings. The summed E-state index contributed by atoms with van der Waals surface area (Å²) >= 11 is 5.99. The van der Waals surface area contributed by atoms with Crippen molar-refractivity contribution in [1.29, 1.82) is 0 Å². The Bertz CT molecular complexity index is 646. The van der Waals surface area contributed by atoms with Crippen LogP contribution >= 0.6 is 11.6 Å². The van der Waals surface area contributed by atoms with E-state index in [0.29, 0.717) is 36.9 Å². The van der Waals surface area contributed by atoms with Crippen molar-refractivity contribution in [3.05, 3.63) is 64.7 Å². The van der Waals surface area contributed by atoms with Gasteiger partial charge >= 0.3 is 6.03 Å². The number of rotatable bonds is 7. The summed E-state index contributed by atoms with van der Waals surface area (Å²) in [7, 11) is 0. The van der Waals surface area contributed by atoms with Crippen LogP contribution in [-0.2, 0) is 6.54 Å². The van der Waals surface area contributed by atoms with Gasteiger partial charge in [0.25, 0.3) is 0 Å². The lowest BCUT2D eigenvalue weighted by Gasteiger charge is -2.10. The average Bonchev–Trinajstić information content (AvgIpc) is 2.55. The highest BCUT2D eigenvalue weighted by molar-refractivity contribution is 6.32. The molecule has 0 radical (unpaired) electrons. The second kappa shape index (κ2) is 9.06. The molecule has 0 aromatic heterocycles. The smallest absolute Gasteiger partial charge is 0.315 e. The zero-order chi connectivity index (χ0) is 16.5. The number of carbonyl (C=O) groups excluding carboxylic acids is 1. The van der Waals surface area contributed by atoms with E-state index < -0.39 is 0 Å². The highest BCUT2D eigenvalue weighted by Crippen LogP contribution is 2.22. The van der Waals surface area contributed by atoms with E-state index in [2.05, 4.69) is 10.6 Å². The molecule has 0 aliphatic heterocycles. The number of aryl methyl sites for hydroxylation is 1. The molecule has 2 rings (SSSR count).